The van der Waals surface area contributed by atoms with E-state index in [-0.39, 0.29) is 23.1 Å². The molecule has 128 valence electrons. The molecule has 1 saturated carbocycles. The smallest absolute Gasteiger partial charge is 0.387 e. The molecule has 0 bridgehead atoms. The van der Waals surface area contributed by atoms with E-state index >= 15 is 0 Å². The maximum atomic E-state index is 12.3. The van der Waals surface area contributed by atoms with E-state index in [1.54, 1.807) is 0 Å². The number of carbonyl (C=O) groups is 1. The second-order valence-electron chi connectivity index (χ2n) is 5.41. The second kappa shape index (κ2) is 8.29. The van der Waals surface area contributed by atoms with Gasteiger partial charge in [-0.25, -0.2) is 0 Å². The first kappa shape index (κ1) is 17.7. The summed E-state index contributed by atoms with van der Waals surface area (Å²) in [6, 6.07) is 6.18. The fourth-order valence-electron chi connectivity index (χ4n) is 2.62. The van der Waals surface area contributed by atoms with Crippen molar-refractivity contribution in [2.75, 3.05) is 7.11 Å². The lowest BCUT2D eigenvalue weighted by Gasteiger charge is -2.12. The highest BCUT2D eigenvalue weighted by molar-refractivity contribution is 6.01. The van der Waals surface area contributed by atoms with Crippen molar-refractivity contribution in [1.82, 2.24) is 5.32 Å². The molecule has 1 N–H and O–H groups in total. The molecule has 7 heteroatoms. The fourth-order valence-corrected chi connectivity index (χ4v) is 2.62. The van der Waals surface area contributed by atoms with E-state index < -0.39 is 12.5 Å². The van der Waals surface area contributed by atoms with E-state index in [0.717, 1.165) is 25.7 Å². The number of carbonyl (C=O) groups excluding carboxylic acids is 1. The van der Waals surface area contributed by atoms with Gasteiger partial charge >= 0.3 is 6.61 Å². The summed E-state index contributed by atoms with van der Waals surface area (Å²) in [7, 11) is 1.32. The molecule has 0 spiro atoms. The zero-order valence-electron chi connectivity index (χ0n) is 13.2. The Hall–Kier alpha value is -2.62. The van der Waals surface area contributed by atoms with Crippen molar-refractivity contribution in [2.45, 2.75) is 38.3 Å². The van der Waals surface area contributed by atoms with Crippen LogP contribution >= 0.6 is 0 Å². The first-order chi connectivity index (χ1) is 11.5. The number of benzene rings is 1. The summed E-state index contributed by atoms with van der Waals surface area (Å²) < 4.78 is 34.0. The fraction of sp³-hybridized carbons (Fsp3) is 0.412. The Morgan fingerprint density at radius 2 is 2.08 bits per heavy atom. The molecule has 1 aliphatic carbocycles. The van der Waals surface area contributed by atoms with E-state index in [9.17, 15) is 18.8 Å². The lowest BCUT2D eigenvalue weighted by Crippen LogP contribution is -2.33. The number of amides is 1. The average Bonchev–Trinajstić information content (AvgIpc) is 3.06. The maximum absolute atomic E-state index is 12.3. The highest BCUT2D eigenvalue weighted by Gasteiger charge is 2.19. The molecule has 0 atom stereocenters. The number of nitrogens with one attached hydrogen (secondary N) is 1. The van der Waals surface area contributed by atoms with Crippen LogP contribution in [0.2, 0.25) is 0 Å². The third kappa shape index (κ3) is 4.69. The Balaban J connectivity index is 2.17. The zero-order chi connectivity index (χ0) is 17.5. The Labute approximate surface area is 138 Å². The molecule has 24 heavy (non-hydrogen) atoms. The third-order valence-electron chi connectivity index (χ3n) is 3.77. The van der Waals surface area contributed by atoms with Crippen molar-refractivity contribution in [2.24, 2.45) is 0 Å². The van der Waals surface area contributed by atoms with Crippen LogP contribution in [-0.2, 0) is 4.79 Å². The van der Waals surface area contributed by atoms with Crippen molar-refractivity contribution in [3.8, 4) is 17.6 Å². The van der Waals surface area contributed by atoms with E-state index in [4.69, 9.17) is 4.74 Å². The number of nitriles is 1. The number of alkyl halides is 2. The van der Waals surface area contributed by atoms with Crippen LogP contribution in [0.5, 0.6) is 11.5 Å². The average molecular weight is 336 g/mol. The zero-order valence-corrected chi connectivity index (χ0v) is 13.2. The van der Waals surface area contributed by atoms with Gasteiger partial charge in [-0.1, -0.05) is 18.9 Å². The molecule has 1 fully saturated rings. The predicted molar refractivity (Wildman–Crippen MR) is 83.6 cm³/mol. The lowest BCUT2D eigenvalue weighted by molar-refractivity contribution is -0.117. The van der Waals surface area contributed by atoms with Crippen LogP contribution in [0.25, 0.3) is 6.08 Å². The van der Waals surface area contributed by atoms with Gasteiger partial charge in [-0.05, 0) is 36.6 Å². The summed E-state index contributed by atoms with van der Waals surface area (Å²) in [5.41, 5.74) is 0.429. The molecule has 1 aromatic carbocycles. The summed E-state index contributed by atoms with van der Waals surface area (Å²) in [4.78, 5) is 12.1. The summed E-state index contributed by atoms with van der Waals surface area (Å²) >= 11 is 0. The van der Waals surface area contributed by atoms with Crippen LogP contribution in [0.3, 0.4) is 0 Å². The van der Waals surface area contributed by atoms with E-state index in [2.05, 4.69) is 10.1 Å². The molecular formula is C17H18F2N2O3. The quantitative estimate of drug-likeness (QED) is 0.639. The van der Waals surface area contributed by atoms with Crippen molar-refractivity contribution in [3.05, 3.63) is 29.3 Å². The van der Waals surface area contributed by atoms with E-state index in [0.29, 0.717) is 5.56 Å². The number of nitrogens with zero attached hydrogens (tertiary/aromatic N) is 1. The van der Waals surface area contributed by atoms with Crippen molar-refractivity contribution in [3.63, 3.8) is 0 Å². The van der Waals surface area contributed by atoms with Gasteiger partial charge in [-0.3, -0.25) is 4.79 Å². The van der Waals surface area contributed by atoms with Crippen molar-refractivity contribution in [1.29, 1.82) is 5.26 Å². The molecular weight excluding hydrogens is 318 g/mol. The number of ether oxygens (including phenoxy) is 2. The summed E-state index contributed by atoms with van der Waals surface area (Å²) in [6.07, 6.45) is 5.35. The number of methoxy groups -OCH3 is 1. The molecule has 0 saturated heterocycles. The first-order valence-corrected chi connectivity index (χ1v) is 7.59. The normalized spacial score (nSPS) is 15.2. The largest absolute Gasteiger partial charge is 0.493 e. The minimum atomic E-state index is -2.97. The van der Waals surface area contributed by atoms with Crippen molar-refractivity contribution < 1.29 is 23.0 Å². The highest BCUT2D eigenvalue weighted by atomic mass is 19.3. The van der Waals surface area contributed by atoms with Gasteiger partial charge in [0.2, 0.25) is 0 Å². The molecule has 0 aliphatic heterocycles. The van der Waals surface area contributed by atoms with Gasteiger partial charge in [0.15, 0.2) is 11.5 Å². The van der Waals surface area contributed by atoms with Crippen LogP contribution in [0.4, 0.5) is 8.78 Å². The van der Waals surface area contributed by atoms with Gasteiger partial charge in [0, 0.05) is 6.04 Å². The number of hydrogen-bond acceptors (Lipinski definition) is 4. The monoisotopic (exact) mass is 336 g/mol. The molecule has 0 aromatic heterocycles. The van der Waals surface area contributed by atoms with Crippen LogP contribution < -0.4 is 14.8 Å². The van der Waals surface area contributed by atoms with Gasteiger partial charge in [0.05, 0.1) is 7.11 Å². The topological polar surface area (TPSA) is 71.3 Å². The van der Waals surface area contributed by atoms with E-state index in [1.165, 1.54) is 31.4 Å². The van der Waals surface area contributed by atoms with Gasteiger partial charge in [-0.2, -0.15) is 14.0 Å². The maximum Gasteiger partial charge on any atom is 0.387 e. The second-order valence-corrected chi connectivity index (χ2v) is 5.41. The Bertz CT molecular complexity index is 662. The van der Waals surface area contributed by atoms with Crippen LogP contribution in [-0.4, -0.2) is 25.7 Å². The highest BCUT2D eigenvalue weighted by Crippen LogP contribution is 2.30. The van der Waals surface area contributed by atoms with E-state index in [1.807, 2.05) is 6.07 Å². The van der Waals surface area contributed by atoms with Gasteiger partial charge in [0.1, 0.15) is 11.6 Å². The predicted octanol–water partition coefficient (Wildman–Crippen LogP) is 3.26. The van der Waals surface area contributed by atoms with Crippen molar-refractivity contribution >= 4 is 12.0 Å². The molecule has 1 aromatic rings. The molecule has 1 aliphatic rings. The summed E-state index contributed by atoms with van der Waals surface area (Å²) in [5.74, 6) is -0.452. The minimum Gasteiger partial charge on any atom is -0.493 e. The van der Waals surface area contributed by atoms with Gasteiger partial charge in [-0.15, -0.1) is 0 Å². The molecule has 2 rings (SSSR count). The number of rotatable bonds is 6. The van der Waals surface area contributed by atoms with Gasteiger partial charge in [0.25, 0.3) is 5.91 Å². The molecule has 5 nitrogen and oxygen atoms in total. The molecule has 0 unspecified atom stereocenters. The first-order valence-electron chi connectivity index (χ1n) is 7.59. The van der Waals surface area contributed by atoms with Crippen LogP contribution in [0, 0.1) is 11.3 Å². The van der Waals surface area contributed by atoms with Crippen LogP contribution in [0.1, 0.15) is 31.2 Å². The molecule has 0 heterocycles. The Kier molecular flexibility index (Phi) is 6.13. The Morgan fingerprint density at radius 3 is 2.67 bits per heavy atom. The third-order valence-corrected chi connectivity index (χ3v) is 3.77. The van der Waals surface area contributed by atoms with Crippen LogP contribution in [0.15, 0.2) is 23.8 Å². The standard InChI is InChI=1S/C17H18F2N2O3/c1-23-15-9-11(6-7-14(15)24-17(18)19)8-12(10-20)16(22)21-13-4-2-3-5-13/h6-9,13,17H,2-5H2,1H3,(H,21,22)/b12-8+. The SMILES string of the molecule is COc1cc(/C=C(\C#N)C(=O)NC2CCCC2)ccc1OC(F)F. The summed E-state index contributed by atoms with van der Waals surface area (Å²) in [5, 5.41) is 12.0. The summed E-state index contributed by atoms with van der Waals surface area (Å²) in [6.45, 7) is -2.97. The number of hydrogen-bond donors (Lipinski definition) is 1. The number of halogens is 2. The minimum absolute atomic E-state index is 0.0496. The molecule has 1 amide bonds. The lowest BCUT2D eigenvalue weighted by atomic mass is 10.1. The Morgan fingerprint density at radius 1 is 1.38 bits per heavy atom. The van der Waals surface area contributed by atoms with Gasteiger partial charge < -0.3 is 14.8 Å². The molecule has 0 radical (unpaired) electrons.